The zero-order valence-corrected chi connectivity index (χ0v) is 11.0. The Morgan fingerprint density at radius 2 is 1.83 bits per heavy atom. The second-order valence-electron chi connectivity index (χ2n) is 5.61. The largest absolute Gasteiger partial charge is 0.340 e. The molecular weight excluding hydrogens is 226 g/mol. The van der Waals surface area contributed by atoms with Gasteiger partial charge in [-0.3, -0.25) is 9.69 Å². The number of hydrogen-bond donors (Lipinski definition) is 1. The average molecular weight is 249 g/mol. The Kier molecular flexibility index (Phi) is 4.26. The SMILES string of the molecule is C#CCN1CCN(C(=O)CC2(N)CCCC2)CC1. The van der Waals surface area contributed by atoms with E-state index in [1.807, 2.05) is 4.90 Å². The van der Waals surface area contributed by atoms with E-state index in [0.717, 1.165) is 39.0 Å². The second-order valence-corrected chi connectivity index (χ2v) is 5.61. The molecule has 0 radical (unpaired) electrons. The van der Waals surface area contributed by atoms with E-state index in [-0.39, 0.29) is 11.4 Å². The molecule has 0 aromatic heterocycles. The van der Waals surface area contributed by atoms with Gasteiger partial charge in [-0.1, -0.05) is 18.8 Å². The molecule has 0 spiro atoms. The van der Waals surface area contributed by atoms with Gasteiger partial charge >= 0.3 is 0 Å². The summed E-state index contributed by atoms with van der Waals surface area (Å²) in [6.07, 6.45) is 10.1. The zero-order chi connectivity index (χ0) is 13.0. The third kappa shape index (κ3) is 3.24. The van der Waals surface area contributed by atoms with Gasteiger partial charge in [-0.05, 0) is 12.8 Å². The third-order valence-electron chi connectivity index (χ3n) is 4.14. The smallest absolute Gasteiger partial charge is 0.224 e. The first-order valence-electron chi connectivity index (χ1n) is 6.85. The molecule has 1 aliphatic carbocycles. The van der Waals surface area contributed by atoms with Crippen molar-refractivity contribution in [1.29, 1.82) is 0 Å². The fourth-order valence-corrected chi connectivity index (χ4v) is 2.95. The lowest BCUT2D eigenvalue weighted by molar-refractivity contribution is -0.134. The minimum Gasteiger partial charge on any atom is -0.340 e. The molecule has 1 saturated heterocycles. The lowest BCUT2D eigenvalue weighted by Crippen LogP contribution is -2.51. The Labute approximate surface area is 109 Å². The first-order valence-corrected chi connectivity index (χ1v) is 6.85. The van der Waals surface area contributed by atoms with Gasteiger partial charge in [-0.25, -0.2) is 0 Å². The Morgan fingerprint density at radius 1 is 1.22 bits per heavy atom. The quantitative estimate of drug-likeness (QED) is 0.738. The van der Waals surface area contributed by atoms with Gasteiger partial charge in [-0.15, -0.1) is 6.42 Å². The van der Waals surface area contributed by atoms with E-state index in [1.165, 1.54) is 12.8 Å². The highest BCUT2D eigenvalue weighted by atomic mass is 16.2. The molecule has 1 amide bonds. The molecule has 1 heterocycles. The number of nitrogens with two attached hydrogens (primary N) is 1. The Hall–Kier alpha value is -1.05. The molecule has 4 nitrogen and oxygen atoms in total. The third-order valence-corrected chi connectivity index (χ3v) is 4.14. The van der Waals surface area contributed by atoms with Crippen molar-refractivity contribution in [2.45, 2.75) is 37.6 Å². The Morgan fingerprint density at radius 3 is 2.39 bits per heavy atom. The van der Waals surface area contributed by atoms with Crippen LogP contribution < -0.4 is 5.73 Å². The van der Waals surface area contributed by atoms with Crippen LogP contribution >= 0.6 is 0 Å². The second kappa shape index (κ2) is 5.73. The monoisotopic (exact) mass is 249 g/mol. The van der Waals surface area contributed by atoms with Crippen LogP contribution in [0, 0.1) is 12.3 Å². The summed E-state index contributed by atoms with van der Waals surface area (Å²) in [6, 6.07) is 0. The minimum absolute atomic E-state index is 0.222. The van der Waals surface area contributed by atoms with Gasteiger partial charge in [-0.2, -0.15) is 0 Å². The van der Waals surface area contributed by atoms with E-state index in [1.54, 1.807) is 0 Å². The van der Waals surface area contributed by atoms with Gasteiger partial charge in [0.15, 0.2) is 0 Å². The molecule has 2 fully saturated rings. The van der Waals surface area contributed by atoms with Crippen LogP contribution in [0.4, 0.5) is 0 Å². The maximum absolute atomic E-state index is 12.2. The molecule has 1 aliphatic heterocycles. The number of carbonyl (C=O) groups is 1. The maximum atomic E-state index is 12.2. The van der Waals surface area contributed by atoms with E-state index in [2.05, 4.69) is 10.8 Å². The molecule has 0 aromatic rings. The summed E-state index contributed by atoms with van der Waals surface area (Å²) >= 11 is 0. The molecular formula is C14H23N3O. The Balaban J connectivity index is 1.79. The van der Waals surface area contributed by atoms with Crippen molar-refractivity contribution in [3.05, 3.63) is 0 Å². The highest BCUT2D eigenvalue weighted by Crippen LogP contribution is 2.30. The van der Waals surface area contributed by atoms with Gasteiger partial charge < -0.3 is 10.6 Å². The van der Waals surface area contributed by atoms with Crippen molar-refractivity contribution in [1.82, 2.24) is 9.80 Å². The molecule has 2 aliphatic rings. The molecule has 2 N–H and O–H groups in total. The van der Waals surface area contributed by atoms with Crippen LogP contribution in [0.5, 0.6) is 0 Å². The number of piperazine rings is 1. The summed E-state index contributed by atoms with van der Waals surface area (Å²) in [5.41, 5.74) is 6.03. The predicted molar refractivity (Wildman–Crippen MR) is 71.9 cm³/mol. The summed E-state index contributed by atoms with van der Waals surface area (Å²) in [6.45, 7) is 4.02. The van der Waals surface area contributed by atoms with Crippen LogP contribution in [0.15, 0.2) is 0 Å². The minimum atomic E-state index is -0.229. The summed E-state index contributed by atoms with van der Waals surface area (Å²) in [4.78, 5) is 16.4. The maximum Gasteiger partial charge on any atom is 0.224 e. The molecule has 0 bridgehead atoms. The first-order chi connectivity index (χ1) is 8.63. The molecule has 0 aromatic carbocycles. The van der Waals surface area contributed by atoms with Gasteiger partial charge in [0.05, 0.1) is 6.54 Å². The number of hydrogen-bond acceptors (Lipinski definition) is 3. The van der Waals surface area contributed by atoms with Crippen LogP contribution in [-0.2, 0) is 4.79 Å². The summed E-state index contributed by atoms with van der Waals surface area (Å²) in [5.74, 6) is 2.87. The van der Waals surface area contributed by atoms with E-state index in [4.69, 9.17) is 12.2 Å². The van der Waals surface area contributed by atoms with Gasteiger partial charge in [0.2, 0.25) is 5.91 Å². The van der Waals surface area contributed by atoms with Gasteiger partial charge in [0, 0.05) is 38.1 Å². The molecule has 2 rings (SSSR count). The van der Waals surface area contributed by atoms with Crippen LogP contribution in [0.3, 0.4) is 0 Å². The summed E-state index contributed by atoms with van der Waals surface area (Å²) in [5, 5.41) is 0. The van der Waals surface area contributed by atoms with Gasteiger partial charge in [0.25, 0.3) is 0 Å². The van der Waals surface area contributed by atoms with Crippen molar-refractivity contribution in [3.63, 3.8) is 0 Å². The van der Waals surface area contributed by atoms with Crippen LogP contribution in [0.2, 0.25) is 0 Å². The van der Waals surface area contributed by atoms with Crippen LogP contribution in [0.1, 0.15) is 32.1 Å². The number of terminal acetylenes is 1. The van der Waals surface area contributed by atoms with Gasteiger partial charge in [0.1, 0.15) is 0 Å². The first kappa shape index (κ1) is 13.4. The van der Waals surface area contributed by atoms with E-state index in [9.17, 15) is 4.79 Å². The number of rotatable bonds is 3. The van der Waals surface area contributed by atoms with Crippen molar-refractivity contribution in [3.8, 4) is 12.3 Å². The van der Waals surface area contributed by atoms with Crippen molar-refractivity contribution in [2.75, 3.05) is 32.7 Å². The topological polar surface area (TPSA) is 49.6 Å². The molecule has 1 saturated carbocycles. The number of nitrogens with zero attached hydrogens (tertiary/aromatic N) is 2. The molecule has 18 heavy (non-hydrogen) atoms. The molecule has 0 unspecified atom stereocenters. The molecule has 0 atom stereocenters. The fourth-order valence-electron chi connectivity index (χ4n) is 2.95. The average Bonchev–Trinajstić information content (AvgIpc) is 2.77. The van der Waals surface area contributed by atoms with E-state index >= 15 is 0 Å². The standard InChI is InChI=1S/C14H23N3O/c1-2-7-16-8-10-17(11-9-16)13(18)12-14(15)5-3-4-6-14/h1H,3-12,15H2. The highest BCUT2D eigenvalue weighted by Gasteiger charge is 2.33. The van der Waals surface area contributed by atoms with E-state index in [0.29, 0.717) is 13.0 Å². The van der Waals surface area contributed by atoms with Crippen LogP contribution in [-0.4, -0.2) is 54.0 Å². The lowest BCUT2D eigenvalue weighted by Gasteiger charge is -2.35. The normalized spacial score (nSPS) is 23.9. The zero-order valence-electron chi connectivity index (χ0n) is 11.0. The summed E-state index contributed by atoms with van der Waals surface area (Å²) < 4.78 is 0. The molecule has 4 heteroatoms. The van der Waals surface area contributed by atoms with Crippen LogP contribution in [0.25, 0.3) is 0 Å². The molecule has 100 valence electrons. The number of amides is 1. The number of carbonyl (C=O) groups excluding carboxylic acids is 1. The van der Waals surface area contributed by atoms with Crippen molar-refractivity contribution < 1.29 is 4.79 Å². The van der Waals surface area contributed by atoms with E-state index < -0.39 is 0 Å². The Bertz CT molecular complexity index is 333. The highest BCUT2D eigenvalue weighted by molar-refractivity contribution is 5.77. The summed E-state index contributed by atoms with van der Waals surface area (Å²) in [7, 11) is 0. The fraction of sp³-hybridized carbons (Fsp3) is 0.786. The predicted octanol–water partition coefficient (Wildman–Crippen LogP) is 0.425. The van der Waals surface area contributed by atoms with Crippen molar-refractivity contribution >= 4 is 5.91 Å². The van der Waals surface area contributed by atoms with Crippen molar-refractivity contribution in [2.24, 2.45) is 5.73 Å². The lowest BCUT2D eigenvalue weighted by atomic mass is 9.94.